The third kappa shape index (κ3) is 30.9. The van der Waals surface area contributed by atoms with Gasteiger partial charge in [-0.25, -0.2) is 0 Å². The Labute approximate surface area is 643 Å². The molecule has 0 aromatic heterocycles. The number of aliphatic hydroxyl groups is 21. The molecule has 0 radical (unpaired) electrons. The second-order valence-corrected chi connectivity index (χ2v) is 29.3. The maximum absolute atomic E-state index is 9.80. The van der Waals surface area contributed by atoms with Gasteiger partial charge in [0.25, 0.3) is 0 Å². The Bertz CT molecular complexity index is 2480. The summed E-state index contributed by atoms with van der Waals surface area (Å²) in [5, 5.41) is 203. The second-order valence-electron chi connectivity index (χ2n) is 29.3. The Balaban J connectivity index is 0.000000620. The van der Waals surface area contributed by atoms with Crippen molar-refractivity contribution in [2.75, 3.05) is 61.8 Å². The van der Waals surface area contributed by atoms with Gasteiger partial charge in [0, 0.05) is 43.6 Å². The molecule has 0 aliphatic carbocycles. The first-order valence-electron chi connectivity index (χ1n) is 37.0. The van der Waals surface area contributed by atoms with Gasteiger partial charge in [-0.15, -0.1) is 0 Å². The van der Waals surface area contributed by atoms with Gasteiger partial charge in [-0.1, -0.05) is 10.2 Å². The molecule has 9 aliphatic rings. The molecule has 42 nitrogen and oxygen atoms in total. The van der Waals surface area contributed by atoms with Crippen molar-refractivity contribution in [1.29, 1.82) is 0 Å². The first-order valence-corrected chi connectivity index (χ1v) is 37.0. The van der Waals surface area contributed by atoms with Crippen LogP contribution in [-0.4, -0.2) is 436 Å². The monoisotopic (exact) mass is 1610 g/mol. The zero-order valence-corrected chi connectivity index (χ0v) is 66.6. The van der Waals surface area contributed by atoms with E-state index in [1.54, 1.807) is 88.2 Å². The number of aliphatic hydroxyl groups excluding tert-OH is 21. The molecule has 9 heterocycles. The van der Waals surface area contributed by atoms with E-state index < -0.39 is 189 Å². The number of nitrogens with two attached hydrogens (primary N) is 2. The van der Waals surface area contributed by atoms with Gasteiger partial charge in [-0.05, 0) is 129 Å². The van der Waals surface area contributed by atoms with Crippen molar-refractivity contribution in [3.05, 3.63) is 20.9 Å². The molecule has 9 aliphatic heterocycles. The Hall–Kier alpha value is -2.82. The number of methoxy groups -OCH3 is 3. The third-order valence-corrected chi connectivity index (χ3v) is 20.4. The number of likely N-dealkylation sites (N-methyl/N-ethyl adjacent to an activating group) is 1. The Morgan fingerprint density at radius 2 is 0.700 bits per heavy atom. The van der Waals surface area contributed by atoms with E-state index in [1.807, 2.05) is 27.7 Å². The summed E-state index contributed by atoms with van der Waals surface area (Å²) in [7, 11) is 7.94. The van der Waals surface area contributed by atoms with Gasteiger partial charge in [-0.2, -0.15) is 0 Å². The van der Waals surface area contributed by atoms with E-state index in [9.17, 15) is 91.9 Å². The molecule has 0 aromatic carbocycles. The highest BCUT2D eigenvalue weighted by Crippen LogP contribution is 2.29. The van der Waals surface area contributed by atoms with E-state index in [1.165, 1.54) is 21.3 Å². The van der Waals surface area contributed by atoms with Crippen LogP contribution in [0, 0.1) is 0 Å². The molecule has 0 bridgehead atoms. The average Bonchev–Trinajstić information content (AvgIpc) is 0.822. The molecular formula is C68H137N9O33. The van der Waals surface area contributed by atoms with Gasteiger partial charge in [0.2, 0.25) is 0 Å². The van der Waals surface area contributed by atoms with Crippen molar-refractivity contribution in [3.8, 4) is 0 Å². The fourth-order valence-electron chi connectivity index (χ4n) is 13.4. The number of nitrogens with zero attached hydrogens (tertiary/aromatic N) is 7. The molecule has 110 heavy (non-hydrogen) atoms. The summed E-state index contributed by atoms with van der Waals surface area (Å²) in [6.07, 6.45) is -22.9. The largest absolute Gasteiger partial charge is 0.394 e. The first-order chi connectivity index (χ1) is 51.2. The van der Waals surface area contributed by atoms with Gasteiger partial charge in [-0.3, -0.25) is 0 Å². The minimum absolute atomic E-state index is 0.0633. The zero-order chi connectivity index (χ0) is 85.0. The van der Waals surface area contributed by atoms with Crippen LogP contribution in [0.1, 0.15) is 110 Å². The molecule has 42 heteroatoms. The number of rotatable bonds is 10. The van der Waals surface area contributed by atoms with Gasteiger partial charge >= 0.3 is 0 Å². The van der Waals surface area contributed by atoms with Crippen LogP contribution >= 0.6 is 0 Å². The summed E-state index contributed by atoms with van der Waals surface area (Å²) in [4.78, 5) is 6.80. The number of hydrogen-bond donors (Lipinski definition) is 23. The third-order valence-electron chi connectivity index (χ3n) is 20.4. The fraction of sp³-hybridized carbons (Fsp3) is 1.00. The molecular weight excluding hydrogens is 1470 g/mol. The molecule has 25 N–H and O–H groups in total. The van der Waals surface area contributed by atoms with E-state index in [4.69, 9.17) is 94.7 Å². The predicted octanol–water partition coefficient (Wildman–Crippen LogP) is -7.06. The number of azide groups is 2. The van der Waals surface area contributed by atoms with Crippen molar-refractivity contribution in [1.82, 2.24) is 4.90 Å². The van der Waals surface area contributed by atoms with E-state index in [0.717, 1.165) is 6.42 Å². The Morgan fingerprint density at radius 3 is 1.12 bits per heavy atom. The minimum Gasteiger partial charge on any atom is -0.394 e. The van der Waals surface area contributed by atoms with Crippen LogP contribution in [-0.2, 0) is 56.8 Å². The number of ether oxygens (including phenoxy) is 12. The molecule has 9 fully saturated rings. The van der Waals surface area contributed by atoms with E-state index in [-0.39, 0.29) is 99.6 Å². The smallest absolute Gasteiger partial charge is 0.114 e. The lowest BCUT2D eigenvalue weighted by Gasteiger charge is -2.44. The fourth-order valence-corrected chi connectivity index (χ4v) is 13.4. The molecule has 43 atom stereocenters. The quantitative estimate of drug-likeness (QED) is 0.0549. The van der Waals surface area contributed by atoms with Crippen LogP contribution in [0.15, 0.2) is 10.2 Å². The van der Waals surface area contributed by atoms with Crippen molar-refractivity contribution >= 4 is 0 Å². The molecule has 0 saturated carbocycles. The maximum Gasteiger partial charge on any atom is 0.114 e. The number of hydrogen-bond acceptors (Lipinski definition) is 38. The summed E-state index contributed by atoms with van der Waals surface area (Å²) in [5.74, 6) is 0. The summed E-state index contributed by atoms with van der Waals surface area (Å²) in [6, 6.07) is -2.07. The zero-order valence-electron chi connectivity index (χ0n) is 66.6. The summed E-state index contributed by atoms with van der Waals surface area (Å²) in [5.41, 5.74) is 27.5. The highest BCUT2D eigenvalue weighted by Gasteiger charge is 2.48. The normalized spacial score (nSPS) is 47.0. The van der Waals surface area contributed by atoms with Crippen LogP contribution in [0.2, 0.25) is 0 Å². The van der Waals surface area contributed by atoms with Crippen molar-refractivity contribution in [3.63, 3.8) is 0 Å². The topological polar surface area (TPSA) is 688 Å². The highest BCUT2D eigenvalue weighted by atomic mass is 16.6. The van der Waals surface area contributed by atoms with Crippen LogP contribution in [0.4, 0.5) is 0 Å². The molecule has 0 amide bonds. The van der Waals surface area contributed by atoms with Crippen LogP contribution in [0.3, 0.4) is 0 Å². The minimum atomic E-state index is -1.27. The lowest BCUT2D eigenvalue weighted by molar-refractivity contribution is -0.231. The van der Waals surface area contributed by atoms with Gasteiger partial charge < -0.3 is 180 Å². The van der Waals surface area contributed by atoms with Crippen LogP contribution in [0.5, 0.6) is 0 Å². The summed E-state index contributed by atoms with van der Waals surface area (Å²) >= 11 is 0. The Morgan fingerprint density at radius 1 is 0.345 bits per heavy atom. The van der Waals surface area contributed by atoms with Crippen LogP contribution < -0.4 is 11.5 Å². The highest BCUT2D eigenvalue weighted by molar-refractivity contribution is 4.99. The Kier molecular flexibility index (Phi) is 49.1. The van der Waals surface area contributed by atoms with E-state index in [2.05, 4.69) is 20.1 Å². The summed E-state index contributed by atoms with van der Waals surface area (Å²) < 4.78 is 62.1. The lowest BCUT2D eigenvalue weighted by Crippen LogP contribution is -2.62. The molecule has 0 spiro atoms. The van der Waals surface area contributed by atoms with Gasteiger partial charge in [0.05, 0.1) is 179 Å². The average molecular weight is 1610 g/mol. The SMILES string of the molecule is CC1CC(N)[C@H](O)[C@@H](C)O1.CC1CC(O)[C@H](O)[C@@H](C)O1.CC1O[C@H](C)[C@@H](O)C(N)[C@@H]1O.COC1[C@H](O)C(C)O[C@H](C)[C@H]1O.CO[C@@H]1C(C)O[C@H](C)[C@@H](O)C1O.CO[C@@H]1C(CO)O[C@H](C)[C@@H](O)C1O.C[C@H]1OC(CN=[N+]=[N-])[C@@H](O)C(O)[C@@H]1O.C[C@H]1OC(CO)[C@@H](O)C(N(C)C)[C@@H]1O.C[C@H]1OC(CO)[C@@H](O)C(N=[N+]=[N-])[C@@H]1O. The first kappa shape index (κ1) is 105. The standard InChI is InChI=1S/C9H19NO4.C8H16O5.2C8H16O4.2C7H13N3O4.C7H15NO3.C7H15NO2.C7H14O3/c1-5-8(12)7(10(2)3)9(13)6(4-11)14-5;1-4-6(10)7(11)8(12-2)5(3-9)13-4;1-4-6(9)7(10)8(11-3)5(2)12-4;1-4-6(9)8(11-3)7(10)5(2)12-4;1-3-6(12)5(9-10-8)7(13)4(2-11)14-3;1-3-5(11)7(13)6(12)4(14-3)2-9-10-8;1-3-6(9)5(8)7(10)4(2)11-3;2*1-4-3-6(8)7(9)5(2)10-4/h5-9,11-13H,4H2,1-3H3;4-11H,3H2,1-2H3;2*4-10H,1-3H3;2*3-7,11-13H,2H2,1H3;3-7,9-10H,8H2,1-2H3;4-7,9H,3,8H2,1-2H3;4-9H,3H2,1-2H3/t5-,6?,7?,8-,9-;2*4-,5?,6-,7?,8-;4-,5?,6-,7-,8?;3-,4?,5?,6-,7-;3-,4?,5-,6-,7?;3-,4?,5?,6-,7-;2*4?,5-,6?,7-/m111111111/s1. The molecule has 9 saturated heterocycles. The van der Waals surface area contributed by atoms with Crippen molar-refractivity contribution in [2.45, 2.75) is 372 Å². The van der Waals surface area contributed by atoms with Gasteiger partial charge in [0.15, 0.2) is 0 Å². The van der Waals surface area contributed by atoms with E-state index in [0.29, 0.717) is 6.42 Å². The molecule has 0 aromatic rings. The molecule has 652 valence electrons. The van der Waals surface area contributed by atoms with Crippen LogP contribution in [0.25, 0.3) is 20.9 Å². The summed E-state index contributed by atoms with van der Waals surface area (Å²) in [6.45, 7) is 23.7. The lowest BCUT2D eigenvalue weighted by atomic mass is 9.92. The maximum atomic E-state index is 9.80. The molecule has 18 unspecified atom stereocenters. The second kappa shape index (κ2) is 51.4. The molecule has 9 rings (SSSR count). The predicted molar refractivity (Wildman–Crippen MR) is 389 cm³/mol. The van der Waals surface area contributed by atoms with Crippen molar-refractivity contribution < 1.29 is 164 Å². The van der Waals surface area contributed by atoms with E-state index >= 15 is 0 Å². The van der Waals surface area contributed by atoms with Crippen molar-refractivity contribution in [2.24, 2.45) is 21.7 Å². The van der Waals surface area contributed by atoms with Gasteiger partial charge in [0.1, 0.15) is 104 Å².